The van der Waals surface area contributed by atoms with Gasteiger partial charge in [-0.3, -0.25) is 4.79 Å². The molecular formula is C18H27N3O3S. The number of nitrogens with zero attached hydrogens (tertiary/aromatic N) is 1. The smallest absolute Gasteiger partial charge is 0.238 e. The van der Waals surface area contributed by atoms with Crippen molar-refractivity contribution in [3.63, 3.8) is 0 Å². The molecule has 0 radical (unpaired) electrons. The molecule has 6 nitrogen and oxygen atoms in total. The molecule has 1 amide bonds. The summed E-state index contributed by atoms with van der Waals surface area (Å²) in [5.74, 6) is 0.993. The summed E-state index contributed by atoms with van der Waals surface area (Å²) in [6.07, 6.45) is 3.03. The van der Waals surface area contributed by atoms with Crippen molar-refractivity contribution in [1.29, 1.82) is 0 Å². The number of sulfone groups is 1. The van der Waals surface area contributed by atoms with Crippen LogP contribution in [0.1, 0.15) is 26.2 Å². The topological polar surface area (TPSA) is 78.5 Å². The Kier molecular flexibility index (Phi) is 5.64. The van der Waals surface area contributed by atoms with Crippen molar-refractivity contribution in [3.8, 4) is 0 Å². The Hall–Kier alpha value is -1.60. The van der Waals surface area contributed by atoms with Crippen molar-refractivity contribution in [2.75, 3.05) is 41.4 Å². The molecule has 0 bridgehead atoms. The van der Waals surface area contributed by atoms with Gasteiger partial charge in [0.1, 0.15) is 0 Å². The normalized spacial score (nSPS) is 23.6. The van der Waals surface area contributed by atoms with Crippen LogP contribution in [0.25, 0.3) is 0 Å². The zero-order chi connectivity index (χ0) is 17.9. The van der Waals surface area contributed by atoms with Gasteiger partial charge in [-0.2, -0.15) is 0 Å². The predicted molar refractivity (Wildman–Crippen MR) is 101 cm³/mol. The van der Waals surface area contributed by atoms with Crippen molar-refractivity contribution >= 4 is 27.1 Å². The van der Waals surface area contributed by atoms with E-state index >= 15 is 0 Å². The highest BCUT2D eigenvalue weighted by molar-refractivity contribution is 7.91. The number of amides is 1. The second kappa shape index (κ2) is 7.74. The summed E-state index contributed by atoms with van der Waals surface area (Å²) >= 11 is 0. The first-order valence-electron chi connectivity index (χ1n) is 9.00. The van der Waals surface area contributed by atoms with E-state index in [1.165, 1.54) is 18.5 Å². The number of hydrogen-bond acceptors (Lipinski definition) is 5. The minimum Gasteiger partial charge on any atom is -0.372 e. The van der Waals surface area contributed by atoms with Gasteiger partial charge in [-0.25, -0.2) is 8.42 Å². The third-order valence-corrected chi connectivity index (χ3v) is 6.85. The van der Waals surface area contributed by atoms with E-state index in [9.17, 15) is 13.2 Å². The molecule has 25 heavy (non-hydrogen) atoms. The zero-order valence-corrected chi connectivity index (χ0v) is 15.5. The van der Waals surface area contributed by atoms with Crippen molar-refractivity contribution < 1.29 is 13.2 Å². The number of anilines is 2. The number of carbonyl (C=O) groups excluding carboxylic acids is 1. The maximum absolute atomic E-state index is 12.0. The van der Waals surface area contributed by atoms with Gasteiger partial charge >= 0.3 is 0 Å². The number of hydrogen-bond donors (Lipinski definition) is 2. The Morgan fingerprint density at radius 2 is 1.84 bits per heavy atom. The standard InChI is InChI=1S/C18H27N3O3S/c1-14-6-9-21(10-7-14)17-4-2-15(3-5-17)20-18(22)12-19-16-8-11-25(23,24)13-16/h2-5,14,16,19H,6-13H2,1H3,(H,20,22). The molecule has 0 aliphatic carbocycles. The number of carbonyl (C=O) groups is 1. The van der Waals surface area contributed by atoms with E-state index in [0.717, 1.165) is 24.7 Å². The van der Waals surface area contributed by atoms with E-state index in [-0.39, 0.29) is 30.0 Å². The van der Waals surface area contributed by atoms with Crippen LogP contribution >= 0.6 is 0 Å². The zero-order valence-electron chi connectivity index (χ0n) is 14.7. The second-order valence-electron chi connectivity index (χ2n) is 7.25. The van der Waals surface area contributed by atoms with Crippen LogP contribution in [0.5, 0.6) is 0 Å². The molecular weight excluding hydrogens is 338 g/mol. The van der Waals surface area contributed by atoms with E-state index in [0.29, 0.717) is 6.42 Å². The van der Waals surface area contributed by atoms with Gasteiger partial charge in [-0.1, -0.05) is 6.92 Å². The molecule has 3 rings (SSSR count). The maximum atomic E-state index is 12.0. The van der Waals surface area contributed by atoms with Gasteiger partial charge in [0.15, 0.2) is 9.84 Å². The Morgan fingerprint density at radius 3 is 2.44 bits per heavy atom. The first kappa shape index (κ1) is 18.2. The van der Waals surface area contributed by atoms with Crippen LogP contribution in [-0.4, -0.2) is 51.5 Å². The summed E-state index contributed by atoms with van der Waals surface area (Å²) < 4.78 is 22.8. The quantitative estimate of drug-likeness (QED) is 0.829. The van der Waals surface area contributed by atoms with Crippen LogP contribution < -0.4 is 15.5 Å². The third-order valence-electron chi connectivity index (χ3n) is 5.08. The number of benzene rings is 1. The van der Waals surface area contributed by atoms with Gasteiger partial charge < -0.3 is 15.5 Å². The molecule has 2 heterocycles. The predicted octanol–water partition coefficient (Wildman–Crippen LogP) is 1.64. The third kappa shape index (κ3) is 5.19. The van der Waals surface area contributed by atoms with Gasteiger partial charge in [-0.05, 0) is 49.4 Å². The summed E-state index contributed by atoms with van der Waals surface area (Å²) in [7, 11) is -2.92. The highest BCUT2D eigenvalue weighted by Gasteiger charge is 2.27. The largest absolute Gasteiger partial charge is 0.372 e. The Balaban J connectivity index is 1.45. The van der Waals surface area contributed by atoms with E-state index in [1.54, 1.807) is 0 Å². The van der Waals surface area contributed by atoms with Crippen molar-refractivity contribution in [2.24, 2.45) is 5.92 Å². The first-order valence-corrected chi connectivity index (χ1v) is 10.8. The van der Waals surface area contributed by atoms with Crippen LogP contribution in [0, 0.1) is 5.92 Å². The van der Waals surface area contributed by atoms with Crippen molar-refractivity contribution in [1.82, 2.24) is 5.32 Å². The monoisotopic (exact) mass is 365 g/mol. The van der Waals surface area contributed by atoms with E-state index in [2.05, 4.69) is 22.5 Å². The van der Waals surface area contributed by atoms with Gasteiger partial charge in [-0.15, -0.1) is 0 Å². The van der Waals surface area contributed by atoms with Crippen molar-refractivity contribution in [2.45, 2.75) is 32.2 Å². The van der Waals surface area contributed by atoms with E-state index < -0.39 is 9.84 Å². The molecule has 1 aromatic carbocycles. The molecule has 2 aliphatic rings. The lowest BCUT2D eigenvalue weighted by Crippen LogP contribution is -2.36. The lowest BCUT2D eigenvalue weighted by Gasteiger charge is -2.32. The Labute approximate surface area is 149 Å². The van der Waals surface area contributed by atoms with Crippen molar-refractivity contribution in [3.05, 3.63) is 24.3 Å². The lowest BCUT2D eigenvalue weighted by atomic mass is 9.99. The highest BCUT2D eigenvalue weighted by Crippen LogP contribution is 2.24. The Bertz CT molecular complexity index is 695. The molecule has 1 aromatic rings. The van der Waals surface area contributed by atoms with Crippen LogP contribution in [0.2, 0.25) is 0 Å². The summed E-state index contributed by atoms with van der Waals surface area (Å²) in [4.78, 5) is 14.4. The number of piperidine rings is 1. The lowest BCUT2D eigenvalue weighted by molar-refractivity contribution is -0.115. The first-order chi connectivity index (χ1) is 11.9. The molecule has 2 saturated heterocycles. The van der Waals surface area contributed by atoms with E-state index in [1.807, 2.05) is 24.3 Å². The minimum atomic E-state index is -2.92. The molecule has 0 aromatic heterocycles. The average Bonchev–Trinajstić information content (AvgIpc) is 2.94. The van der Waals surface area contributed by atoms with E-state index in [4.69, 9.17) is 0 Å². The fourth-order valence-electron chi connectivity index (χ4n) is 3.42. The molecule has 2 aliphatic heterocycles. The molecule has 0 spiro atoms. The molecule has 138 valence electrons. The summed E-state index contributed by atoms with van der Waals surface area (Å²) in [5, 5.41) is 5.88. The van der Waals surface area contributed by atoms with Gasteiger partial charge in [0.05, 0.1) is 18.1 Å². The van der Waals surface area contributed by atoms with Crippen LogP contribution in [0.15, 0.2) is 24.3 Å². The molecule has 2 N–H and O–H groups in total. The molecule has 0 saturated carbocycles. The van der Waals surface area contributed by atoms with Gasteiger partial charge in [0, 0.05) is 30.5 Å². The molecule has 1 atom stereocenters. The second-order valence-corrected chi connectivity index (χ2v) is 9.47. The fraction of sp³-hybridized carbons (Fsp3) is 0.611. The minimum absolute atomic E-state index is 0.111. The average molecular weight is 365 g/mol. The summed E-state index contributed by atoms with van der Waals surface area (Å²) in [6, 6.07) is 7.82. The molecule has 2 fully saturated rings. The maximum Gasteiger partial charge on any atom is 0.238 e. The van der Waals surface area contributed by atoms with Gasteiger partial charge in [0.25, 0.3) is 0 Å². The SMILES string of the molecule is CC1CCN(c2ccc(NC(=O)CNC3CCS(=O)(=O)C3)cc2)CC1. The summed E-state index contributed by atoms with van der Waals surface area (Å²) in [6.45, 7) is 4.60. The van der Waals surface area contributed by atoms with Crippen LogP contribution in [0.4, 0.5) is 11.4 Å². The fourth-order valence-corrected chi connectivity index (χ4v) is 5.13. The number of nitrogens with one attached hydrogen (secondary N) is 2. The van der Waals surface area contributed by atoms with Crippen LogP contribution in [0.3, 0.4) is 0 Å². The summed E-state index contributed by atoms with van der Waals surface area (Å²) in [5.41, 5.74) is 1.96. The van der Waals surface area contributed by atoms with Crippen LogP contribution in [-0.2, 0) is 14.6 Å². The highest BCUT2D eigenvalue weighted by atomic mass is 32.2. The number of rotatable bonds is 5. The Morgan fingerprint density at radius 1 is 1.16 bits per heavy atom. The van der Waals surface area contributed by atoms with Gasteiger partial charge in [0.2, 0.25) is 5.91 Å². The molecule has 7 heteroatoms. The molecule has 1 unspecified atom stereocenters.